The zero-order valence-electron chi connectivity index (χ0n) is 58.8. The Morgan fingerprint density at radius 2 is 0.398 bits per heavy atom. The van der Waals surface area contributed by atoms with Crippen LogP contribution in [0.4, 0.5) is 0 Å². The van der Waals surface area contributed by atoms with Crippen molar-refractivity contribution in [1.82, 2.24) is 0 Å². The summed E-state index contributed by atoms with van der Waals surface area (Å²) < 4.78 is 0. The standard InChI is InChI=1S/C86H106Si2/c1-74(2)25-23-24-48-36-56-49(37-55(48)74)72-50-38-62-67(80(13,14)31-26-75(62,3)4)43-57(50)85(56,58-44-68-63(39-51(58)72)76(5,6)27-32-81(68,15)16)87-88-86-59-45-69-64(77(7,8)28-33-82(69,17)18)40-52(59)73(53-41-65-70(46-60(53)86)83(19,20)34-29-78(65,9)10)54-42-66-71(47-61(54)86)84(21,22)35-30-79(66,11)12/h36-47,72-73H,23-35H2,1-22H3. The number of benzene rings is 6. The molecule has 458 valence electrons. The maximum atomic E-state index is 2.94. The van der Waals surface area contributed by atoms with E-state index in [2.05, 4.69) is 225 Å². The highest BCUT2D eigenvalue weighted by Gasteiger charge is 2.59. The lowest BCUT2D eigenvalue weighted by molar-refractivity contribution is 0.328. The summed E-state index contributed by atoms with van der Waals surface area (Å²) in [6.07, 6.45) is 15.9. The molecule has 12 aliphatic carbocycles. The predicted molar refractivity (Wildman–Crippen MR) is 374 cm³/mol. The Hall–Kier alpha value is -4.25. The summed E-state index contributed by atoms with van der Waals surface area (Å²) in [6.45, 7) is 57.1. The summed E-state index contributed by atoms with van der Waals surface area (Å²) in [7, 11) is 1.20. The Morgan fingerprint density at radius 1 is 0.216 bits per heavy atom. The van der Waals surface area contributed by atoms with E-state index in [0.717, 1.165) is 0 Å². The molecule has 0 heterocycles. The topological polar surface area (TPSA) is 0 Å². The van der Waals surface area contributed by atoms with E-state index in [4.69, 9.17) is 0 Å². The van der Waals surface area contributed by atoms with E-state index in [1.54, 1.807) is 134 Å². The van der Waals surface area contributed by atoms with Crippen LogP contribution in [0, 0.1) is 0 Å². The molecule has 0 saturated carbocycles. The molecule has 0 unspecified atom stereocenters. The molecule has 88 heavy (non-hydrogen) atoms. The van der Waals surface area contributed by atoms with Crippen molar-refractivity contribution in [1.29, 1.82) is 0 Å². The van der Waals surface area contributed by atoms with Crippen LogP contribution in [0.2, 0.25) is 0 Å². The van der Waals surface area contributed by atoms with E-state index in [-0.39, 0.29) is 81.5 Å². The molecule has 18 rings (SSSR count). The number of fused-ring (bicyclic) bond motifs is 6. The van der Waals surface area contributed by atoms with Crippen LogP contribution in [0.5, 0.6) is 0 Å². The Balaban J connectivity index is 1.13. The van der Waals surface area contributed by atoms with E-state index in [9.17, 15) is 0 Å². The SMILES string of the molecule is CC1(C)CCCc2cc3c(cc21)C1c2cc4c(cc2C3([Si]#[Si]C23c5cc6c(cc5C(c5cc7c(cc52)C(C)(C)CCC7(C)C)c2cc5c(cc23)C(C)(C)CCC5(C)C)C(C)(C)CCC6(C)C)c2cc3c(cc21)C(C)(C)CCC3(C)C)C(C)(C)CCC4(C)C. The second kappa shape index (κ2) is 17.3. The summed E-state index contributed by atoms with van der Waals surface area (Å²) in [4.78, 5) is 0. The quantitative estimate of drug-likeness (QED) is 0.133. The van der Waals surface area contributed by atoms with Crippen LogP contribution >= 0.6 is 0 Å². The van der Waals surface area contributed by atoms with Gasteiger partial charge in [-0.3, -0.25) is 0 Å². The minimum atomic E-state index is -0.371. The first kappa shape index (κ1) is 58.8. The van der Waals surface area contributed by atoms with Gasteiger partial charge in [-0.1, -0.05) is 225 Å². The molecule has 2 heteroatoms. The second-order valence-corrected chi connectivity index (χ2v) is 42.2. The van der Waals surface area contributed by atoms with Crippen LogP contribution < -0.4 is 0 Å². The van der Waals surface area contributed by atoms with Gasteiger partial charge in [-0.15, -0.1) is 0 Å². The third kappa shape index (κ3) is 7.49. The molecule has 0 saturated heterocycles. The van der Waals surface area contributed by atoms with Gasteiger partial charge in [-0.05, 0) is 293 Å². The number of hydrogen-bond acceptors (Lipinski definition) is 0. The molecule has 0 atom stereocenters. The van der Waals surface area contributed by atoms with Crippen LogP contribution in [-0.4, -0.2) is 16.8 Å². The van der Waals surface area contributed by atoms with Crippen LogP contribution in [0.25, 0.3) is 0 Å². The summed E-state index contributed by atoms with van der Waals surface area (Å²) >= 11 is 0. The molecule has 0 amide bonds. The highest BCUT2D eigenvalue weighted by atomic mass is 28.7. The minimum absolute atomic E-state index is 0.0715. The number of rotatable bonds is 0. The molecule has 0 aliphatic heterocycles. The zero-order valence-corrected chi connectivity index (χ0v) is 60.8. The predicted octanol–water partition coefficient (Wildman–Crippen LogP) is 21.3. The summed E-state index contributed by atoms with van der Waals surface area (Å²) in [5.41, 5.74) is 40.4. The highest BCUT2D eigenvalue weighted by Crippen LogP contribution is 2.67. The van der Waals surface area contributed by atoms with Crippen LogP contribution in [0.3, 0.4) is 0 Å². The van der Waals surface area contributed by atoms with Crippen LogP contribution in [-0.2, 0) is 76.1 Å². The van der Waals surface area contributed by atoms with Crippen molar-refractivity contribution in [3.05, 3.63) is 206 Å². The first-order valence-electron chi connectivity index (χ1n) is 35.4. The lowest BCUT2D eigenvalue weighted by Crippen LogP contribution is -2.50. The maximum absolute atomic E-state index is 2.94. The molecule has 6 aromatic carbocycles. The van der Waals surface area contributed by atoms with Gasteiger partial charge in [0.25, 0.3) is 0 Å². The van der Waals surface area contributed by atoms with E-state index in [0.29, 0.717) is 16.8 Å². The van der Waals surface area contributed by atoms with Gasteiger partial charge >= 0.3 is 0 Å². The van der Waals surface area contributed by atoms with Crippen LogP contribution in [0.1, 0.15) is 375 Å². The third-order valence-corrected chi connectivity index (χ3v) is 33.2. The highest BCUT2D eigenvalue weighted by molar-refractivity contribution is 6.68. The van der Waals surface area contributed by atoms with Crippen molar-refractivity contribution in [2.24, 2.45) is 0 Å². The smallest absolute Gasteiger partial charge is 0.0558 e. The first-order chi connectivity index (χ1) is 40.7. The van der Waals surface area contributed by atoms with Crippen molar-refractivity contribution < 1.29 is 0 Å². The normalized spacial score (nSPS) is 29.2. The van der Waals surface area contributed by atoms with Crippen molar-refractivity contribution >= 4 is 16.8 Å². The largest absolute Gasteiger partial charge is 0.0789 e. The monoisotopic (exact) mass is 1190 g/mol. The van der Waals surface area contributed by atoms with Gasteiger partial charge in [0, 0.05) is 11.8 Å². The van der Waals surface area contributed by atoms with Gasteiger partial charge in [-0.25, -0.2) is 0 Å². The van der Waals surface area contributed by atoms with E-state index in [1.165, 1.54) is 83.5 Å². The molecule has 0 radical (unpaired) electrons. The van der Waals surface area contributed by atoms with Crippen molar-refractivity contribution in [2.75, 3.05) is 0 Å². The van der Waals surface area contributed by atoms with Crippen LogP contribution in [0.15, 0.2) is 72.8 Å². The summed E-state index contributed by atoms with van der Waals surface area (Å²) in [5, 5.41) is -0.725. The van der Waals surface area contributed by atoms with Crippen molar-refractivity contribution in [3.63, 3.8) is 0 Å². The Morgan fingerprint density at radius 3 is 0.625 bits per heavy atom. The van der Waals surface area contributed by atoms with E-state index >= 15 is 0 Å². The number of aryl methyl sites for hydroxylation is 1. The zero-order chi connectivity index (χ0) is 62.6. The Labute approximate surface area is 537 Å². The average molecular weight is 1200 g/mol. The lowest BCUT2D eigenvalue weighted by Gasteiger charge is -2.55. The van der Waals surface area contributed by atoms with Crippen molar-refractivity contribution in [2.45, 2.75) is 317 Å². The van der Waals surface area contributed by atoms with Gasteiger partial charge in [0.05, 0.1) is 10.1 Å². The fourth-order valence-corrected chi connectivity index (χ4v) is 27.4. The van der Waals surface area contributed by atoms with Gasteiger partial charge in [0.1, 0.15) is 0 Å². The fraction of sp³-hybridized carbons (Fsp3) is 0.581. The first-order valence-corrected chi connectivity index (χ1v) is 38.4. The second-order valence-electron chi connectivity index (χ2n) is 38.7. The summed E-state index contributed by atoms with van der Waals surface area (Å²) in [5.74, 6) is 0.389. The molecule has 0 fully saturated rings. The minimum Gasteiger partial charge on any atom is -0.0558 e. The Kier molecular flexibility index (Phi) is 11.6. The summed E-state index contributed by atoms with van der Waals surface area (Å²) in [6, 6.07) is 34.9. The molecular weight excluding hydrogens is 1090 g/mol. The number of hydrogen-bond donors (Lipinski definition) is 0. The van der Waals surface area contributed by atoms with Gasteiger partial charge in [-0.2, -0.15) is 0 Å². The Bertz CT molecular complexity index is 3940. The molecular formula is C86H106Si2. The average Bonchev–Trinajstić information content (AvgIpc) is 0.673. The van der Waals surface area contributed by atoms with Gasteiger partial charge in [0.15, 0.2) is 0 Å². The van der Waals surface area contributed by atoms with E-state index < -0.39 is 0 Å². The van der Waals surface area contributed by atoms with Gasteiger partial charge < -0.3 is 0 Å². The van der Waals surface area contributed by atoms with E-state index in [1.807, 2.05) is 0 Å². The molecule has 0 spiro atoms. The molecule has 6 aromatic rings. The molecule has 0 aromatic heterocycles. The van der Waals surface area contributed by atoms with Crippen molar-refractivity contribution in [3.8, 4) is 0 Å². The van der Waals surface area contributed by atoms with Gasteiger partial charge in [0.2, 0.25) is 0 Å². The third-order valence-electron chi connectivity index (χ3n) is 28.1. The molecule has 4 bridgehead atoms. The lowest BCUT2D eigenvalue weighted by atomic mass is 9.53. The molecule has 12 aliphatic rings. The molecule has 0 N–H and O–H groups in total. The molecule has 0 nitrogen and oxygen atoms in total. The fourth-order valence-electron chi connectivity index (χ4n) is 21.4. The maximum Gasteiger partial charge on any atom is 0.0789 e.